The van der Waals surface area contributed by atoms with E-state index in [1.807, 2.05) is 13.8 Å². The van der Waals surface area contributed by atoms with Gasteiger partial charge in [0.15, 0.2) is 0 Å². The van der Waals surface area contributed by atoms with Gasteiger partial charge in [-0.1, -0.05) is 19.9 Å². The molecule has 0 aromatic rings. The highest BCUT2D eigenvalue weighted by atomic mass is 16.6. The Hall–Kier alpha value is -1.48. The van der Waals surface area contributed by atoms with E-state index in [0.717, 1.165) is 0 Å². The van der Waals surface area contributed by atoms with E-state index >= 15 is 0 Å². The van der Waals surface area contributed by atoms with Gasteiger partial charge in [-0.25, -0.2) is 9.59 Å². The van der Waals surface area contributed by atoms with Crippen LogP contribution >= 0.6 is 0 Å². The molecule has 0 atom stereocenters. The van der Waals surface area contributed by atoms with Gasteiger partial charge in [0.1, 0.15) is 18.8 Å². The van der Waals surface area contributed by atoms with E-state index in [1.54, 1.807) is 0 Å². The van der Waals surface area contributed by atoms with Crippen molar-refractivity contribution in [2.24, 2.45) is 5.92 Å². The largest absolute Gasteiger partial charge is 0.459 e. The number of allylic oxidation sites excluding steroid dienone is 1. The second-order valence-corrected chi connectivity index (χ2v) is 5.55. The van der Waals surface area contributed by atoms with Crippen LogP contribution in [0, 0.1) is 5.92 Å². The molecule has 0 bridgehead atoms. The standard InChI is InChI=1S/C17H28O8/c1-14(2)13-15-16(18)24-11-9-22-7-5-20-3-4-21-6-8-23-10-12-25-17(15)19/h13-14H,3-12H2,1-2H3. The summed E-state index contributed by atoms with van der Waals surface area (Å²) in [5.74, 6) is -1.44. The first kappa shape index (κ1) is 21.6. The maximum absolute atomic E-state index is 12.1. The third-order valence-corrected chi connectivity index (χ3v) is 2.98. The Bertz CT molecular complexity index is 387. The van der Waals surface area contributed by atoms with Crippen LogP contribution in [0.3, 0.4) is 0 Å². The SMILES string of the molecule is CC(C)C=C1C(=O)OCCOCCOCCOCCOCCOC1=O. The van der Waals surface area contributed by atoms with Crippen molar-refractivity contribution < 1.29 is 38.0 Å². The van der Waals surface area contributed by atoms with Crippen LogP contribution in [-0.4, -0.2) is 78.0 Å². The minimum Gasteiger partial charge on any atom is -0.459 e. The number of ether oxygens (including phenoxy) is 6. The highest BCUT2D eigenvalue weighted by molar-refractivity contribution is 6.14. The van der Waals surface area contributed by atoms with Crippen molar-refractivity contribution in [3.05, 3.63) is 11.6 Å². The zero-order valence-electron chi connectivity index (χ0n) is 15.0. The molecule has 0 unspecified atom stereocenters. The lowest BCUT2D eigenvalue weighted by Gasteiger charge is -2.10. The van der Waals surface area contributed by atoms with E-state index in [9.17, 15) is 9.59 Å². The van der Waals surface area contributed by atoms with Gasteiger partial charge in [-0.2, -0.15) is 0 Å². The van der Waals surface area contributed by atoms with Crippen LogP contribution < -0.4 is 0 Å². The molecular weight excluding hydrogens is 332 g/mol. The van der Waals surface area contributed by atoms with Crippen molar-refractivity contribution >= 4 is 11.9 Å². The molecule has 1 aliphatic rings. The molecule has 0 amide bonds. The number of hydrogen-bond acceptors (Lipinski definition) is 8. The number of hydrogen-bond donors (Lipinski definition) is 0. The number of esters is 2. The van der Waals surface area contributed by atoms with Gasteiger partial charge in [0.2, 0.25) is 0 Å². The molecule has 0 radical (unpaired) electrons. The lowest BCUT2D eigenvalue weighted by Crippen LogP contribution is -2.22. The maximum Gasteiger partial charge on any atom is 0.345 e. The van der Waals surface area contributed by atoms with E-state index < -0.39 is 11.9 Å². The van der Waals surface area contributed by atoms with Gasteiger partial charge < -0.3 is 28.4 Å². The molecule has 1 rings (SSSR count). The summed E-state index contributed by atoms with van der Waals surface area (Å²) in [5.41, 5.74) is -0.111. The quantitative estimate of drug-likeness (QED) is 0.384. The van der Waals surface area contributed by atoms with Gasteiger partial charge in [-0.15, -0.1) is 0 Å². The molecule has 0 spiro atoms. The van der Waals surface area contributed by atoms with E-state index in [2.05, 4.69) is 0 Å². The van der Waals surface area contributed by atoms with Crippen molar-refractivity contribution in [2.45, 2.75) is 13.8 Å². The van der Waals surface area contributed by atoms with E-state index in [0.29, 0.717) is 39.6 Å². The summed E-state index contributed by atoms with van der Waals surface area (Å²) in [5, 5.41) is 0. The Balaban J connectivity index is 2.54. The normalized spacial score (nSPS) is 20.8. The van der Waals surface area contributed by atoms with Gasteiger partial charge in [-0.3, -0.25) is 0 Å². The molecule has 0 N–H and O–H groups in total. The molecule has 0 saturated carbocycles. The average molecular weight is 360 g/mol. The molecule has 1 fully saturated rings. The van der Waals surface area contributed by atoms with Crippen LogP contribution in [0.25, 0.3) is 0 Å². The Morgan fingerprint density at radius 3 is 1.28 bits per heavy atom. The molecule has 144 valence electrons. The predicted octanol–water partition coefficient (Wildman–Crippen LogP) is 0.735. The first-order chi connectivity index (χ1) is 12.1. The van der Waals surface area contributed by atoms with Gasteiger partial charge in [0.05, 0.1) is 52.9 Å². The number of carbonyl (C=O) groups is 2. The van der Waals surface area contributed by atoms with Crippen molar-refractivity contribution in [1.82, 2.24) is 0 Å². The molecule has 1 saturated heterocycles. The van der Waals surface area contributed by atoms with Crippen LogP contribution in [0.4, 0.5) is 0 Å². The highest BCUT2D eigenvalue weighted by Crippen LogP contribution is 2.07. The average Bonchev–Trinajstić information content (AvgIpc) is 2.58. The third-order valence-electron chi connectivity index (χ3n) is 2.98. The van der Waals surface area contributed by atoms with Crippen molar-refractivity contribution in [3.63, 3.8) is 0 Å². The van der Waals surface area contributed by atoms with Gasteiger partial charge in [0.25, 0.3) is 0 Å². The predicted molar refractivity (Wildman–Crippen MR) is 88.1 cm³/mol. The molecule has 25 heavy (non-hydrogen) atoms. The summed E-state index contributed by atoms with van der Waals surface area (Å²) in [6, 6.07) is 0. The minimum atomic E-state index is -0.717. The molecule has 1 aliphatic heterocycles. The summed E-state index contributed by atoms with van der Waals surface area (Å²) >= 11 is 0. The lowest BCUT2D eigenvalue weighted by atomic mass is 10.1. The van der Waals surface area contributed by atoms with E-state index in [4.69, 9.17) is 28.4 Å². The fraction of sp³-hybridized carbons (Fsp3) is 0.765. The summed E-state index contributed by atoms with van der Waals surface area (Å²) in [6.07, 6.45) is 1.52. The topological polar surface area (TPSA) is 89.5 Å². The molecule has 8 heteroatoms. The summed E-state index contributed by atoms with van der Waals surface area (Å²) in [6.45, 7) is 6.83. The number of carbonyl (C=O) groups excluding carboxylic acids is 2. The third kappa shape index (κ3) is 10.9. The highest BCUT2D eigenvalue weighted by Gasteiger charge is 2.21. The smallest absolute Gasteiger partial charge is 0.345 e. The van der Waals surface area contributed by atoms with Crippen molar-refractivity contribution in [2.75, 3.05) is 66.1 Å². The van der Waals surface area contributed by atoms with E-state index in [-0.39, 0.29) is 37.9 Å². The second-order valence-electron chi connectivity index (χ2n) is 5.55. The van der Waals surface area contributed by atoms with Crippen LogP contribution in [0.2, 0.25) is 0 Å². The molecule has 0 aromatic carbocycles. The van der Waals surface area contributed by atoms with Crippen LogP contribution in [0.15, 0.2) is 11.6 Å². The van der Waals surface area contributed by atoms with Gasteiger partial charge in [0, 0.05) is 0 Å². The van der Waals surface area contributed by atoms with Gasteiger partial charge >= 0.3 is 11.9 Å². The first-order valence-corrected chi connectivity index (χ1v) is 8.48. The lowest BCUT2D eigenvalue weighted by molar-refractivity contribution is -0.148. The maximum atomic E-state index is 12.1. The number of rotatable bonds is 1. The summed E-state index contributed by atoms with van der Waals surface area (Å²) < 4.78 is 31.4. The first-order valence-electron chi connectivity index (χ1n) is 8.48. The van der Waals surface area contributed by atoms with E-state index in [1.165, 1.54) is 6.08 Å². The summed E-state index contributed by atoms with van der Waals surface area (Å²) in [4.78, 5) is 24.2. The van der Waals surface area contributed by atoms with Crippen LogP contribution in [-0.2, 0) is 38.0 Å². The molecule has 0 aliphatic carbocycles. The Morgan fingerprint density at radius 1 is 0.640 bits per heavy atom. The fourth-order valence-corrected chi connectivity index (χ4v) is 1.86. The Labute approximate surface area is 148 Å². The van der Waals surface area contributed by atoms with Crippen molar-refractivity contribution in [1.29, 1.82) is 0 Å². The molecule has 8 nitrogen and oxygen atoms in total. The number of cyclic esters (lactones) is 2. The summed E-state index contributed by atoms with van der Waals surface area (Å²) in [7, 11) is 0. The van der Waals surface area contributed by atoms with Crippen LogP contribution in [0.1, 0.15) is 13.8 Å². The Morgan fingerprint density at radius 2 is 0.960 bits per heavy atom. The zero-order valence-corrected chi connectivity index (χ0v) is 15.0. The van der Waals surface area contributed by atoms with Crippen molar-refractivity contribution in [3.8, 4) is 0 Å². The molecule has 0 aromatic heterocycles. The van der Waals surface area contributed by atoms with Crippen LogP contribution in [0.5, 0.6) is 0 Å². The second kappa shape index (κ2) is 13.8. The Kier molecular flexibility index (Phi) is 11.9. The molecule has 1 heterocycles. The minimum absolute atomic E-state index is 0.00138. The van der Waals surface area contributed by atoms with Gasteiger partial charge in [-0.05, 0) is 5.92 Å². The zero-order chi connectivity index (χ0) is 18.3. The molecular formula is C17H28O8. The monoisotopic (exact) mass is 360 g/mol. The fourth-order valence-electron chi connectivity index (χ4n) is 1.86.